The highest BCUT2D eigenvalue weighted by Crippen LogP contribution is 2.33. The molecule has 2 aliphatic rings. The molecule has 2 aromatic heterocycles. The van der Waals surface area contributed by atoms with E-state index in [1.54, 1.807) is 16.2 Å². The van der Waals surface area contributed by atoms with Crippen molar-refractivity contribution in [2.45, 2.75) is 64.2 Å². The van der Waals surface area contributed by atoms with Gasteiger partial charge in [-0.1, -0.05) is 38.0 Å². The van der Waals surface area contributed by atoms with Crippen LogP contribution in [-0.2, 0) is 17.9 Å². The van der Waals surface area contributed by atoms with Crippen LogP contribution in [0.5, 0.6) is 0 Å². The molecule has 1 N–H and O–H groups in total. The van der Waals surface area contributed by atoms with Crippen LogP contribution >= 0.6 is 11.3 Å². The van der Waals surface area contributed by atoms with Crippen LogP contribution in [0.4, 0.5) is 0 Å². The zero-order valence-corrected chi connectivity index (χ0v) is 18.8. The lowest BCUT2D eigenvalue weighted by Gasteiger charge is -2.44. The van der Waals surface area contributed by atoms with Crippen LogP contribution in [-0.4, -0.2) is 37.8 Å². The fourth-order valence-corrected chi connectivity index (χ4v) is 5.68. The van der Waals surface area contributed by atoms with Crippen LogP contribution in [0.15, 0.2) is 41.8 Å². The summed E-state index contributed by atoms with van der Waals surface area (Å²) in [6.45, 7) is 4.92. The van der Waals surface area contributed by atoms with E-state index in [0.29, 0.717) is 24.8 Å². The van der Waals surface area contributed by atoms with Crippen molar-refractivity contribution in [1.29, 1.82) is 0 Å². The number of nitrogens with one attached hydrogen (secondary N) is 1. The van der Waals surface area contributed by atoms with Crippen LogP contribution in [0.3, 0.4) is 0 Å². The number of nitrogens with zero attached hydrogens (tertiary/aromatic N) is 3. The summed E-state index contributed by atoms with van der Waals surface area (Å²) >= 11 is 1.60. The van der Waals surface area contributed by atoms with E-state index in [4.69, 9.17) is 0 Å². The number of benzene rings is 1. The lowest BCUT2D eigenvalue weighted by atomic mass is 9.85. The number of thiophene rings is 1. The molecule has 162 valence electrons. The second-order valence-corrected chi connectivity index (χ2v) is 10.1. The maximum atomic E-state index is 13.8. The monoisotopic (exact) mass is 436 g/mol. The van der Waals surface area contributed by atoms with Crippen molar-refractivity contribution in [3.63, 3.8) is 0 Å². The quantitative estimate of drug-likeness (QED) is 0.666. The van der Waals surface area contributed by atoms with E-state index in [9.17, 15) is 9.59 Å². The molecule has 1 aromatic carbocycles. The molecule has 0 saturated heterocycles. The lowest BCUT2D eigenvalue weighted by Crippen LogP contribution is -2.65. The summed E-state index contributed by atoms with van der Waals surface area (Å²) in [6.07, 6.45) is 4.50. The molecule has 1 fully saturated rings. The van der Waals surface area contributed by atoms with Crippen molar-refractivity contribution in [3.8, 4) is 0 Å². The molecular weight excluding hydrogens is 408 g/mol. The minimum absolute atomic E-state index is 0.0698. The predicted octanol–water partition coefficient (Wildman–Crippen LogP) is 4.21. The van der Waals surface area contributed by atoms with E-state index < -0.39 is 5.54 Å². The Morgan fingerprint density at radius 3 is 2.81 bits per heavy atom. The molecule has 3 heterocycles. The molecule has 0 unspecified atom stereocenters. The zero-order chi connectivity index (χ0) is 21.6. The van der Waals surface area contributed by atoms with E-state index in [0.717, 1.165) is 35.2 Å². The molecule has 5 rings (SSSR count). The van der Waals surface area contributed by atoms with Gasteiger partial charge >= 0.3 is 0 Å². The van der Waals surface area contributed by atoms with Crippen molar-refractivity contribution in [3.05, 3.63) is 52.5 Å². The van der Waals surface area contributed by atoms with E-state index in [-0.39, 0.29) is 17.9 Å². The number of aromatic nitrogens is 2. The predicted molar refractivity (Wildman–Crippen MR) is 122 cm³/mol. The third-order valence-electron chi connectivity index (χ3n) is 6.96. The van der Waals surface area contributed by atoms with Crippen molar-refractivity contribution >= 4 is 34.2 Å². The fourth-order valence-electron chi connectivity index (χ4n) is 4.99. The van der Waals surface area contributed by atoms with Gasteiger partial charge in [0.25, 0.3) is 5.91 Å². The molecule has 1 aliphatic carbocycles. The van der Waals surface area contributed by atoms with E-state index in [2.05, 4.69) is 17.2 Å². The first kappa shape index (κ1) is 20.2. The summed E-state index contributed by atoms with van der Waals surface area (Å²) in [5.74, 6) is 0.606. The molecule has 0 bridgehead atoms. The summed E-state index contributed by atoms with van der Waals surface area (Å²) in [4.78, 5) is 34.8. The summed E-state index contributed by atoms with van der Waals surface area (Å²) in [5, 5.41) is 5.32. The molecule has 1 saturated carbocycles. The molecule has 2 amide bonds. The lowest BCUT2D eigenvalue weighted by molar-refractivity contribution is -0.134. The second kappa shape index (κ2) is 7.79. The third kappa shape index (κ3) is 3.45. The highest BCUT2D eigenvalue weighted by atomic mass is 32.1. The third-order valence-corrected chi connectivity index (χ3v) is 7.83. The van der Waals surface area contributed by atoms with E-state index in [1.807, 2.05) is 53.3 Å². The van der Waals surface area contributed by atoms with Gasteiger partial charge in [0.1, 0.15) is 5.54 Å². The summed E-state index contributed by atoms with van der Waals surface area (Å²) in [7, 11) is 0. The Kier molecular flexibility index (Phi) is 5.08. The van der Waals surface area contributed by atoms with Gasteiger partial charge in [-0.15, -0.1) is 11.3 Å². The van der Waals surface area contributed by atoms with Gasteiger partial charge in [-0.2, -0.15) is 0 Å². The Morgan fingerprint density at radius 2 is 2.03 bits per heavy atom. The van der Waals surface area contributed by atoms with Crippen LogP contribution in [0.25, 0.3) is 11.0 Å². The maximum Gasteiger partial charge on any atom is 0.291 e. The first-order valence-corrected chi connectivity index (χ1v) is 12.0. The Hall–Kier alpha value is -2.67. The summed E-state index contributed by atoms with van der Waals surface area (Å²) < 4.78 is 1.92. The first-order valence-electron chi connectivity index (χ1n) is 11.1. The molecule has 0 radical (unpaired) electrons. The van der Waals surface area contributed by atoms with Gasteiger partial charge in [0, 0.05) is 10.9 Å². The van der Waals surface area contributed by atoms with Gasteiger partial charge < -0.3 is 14.8 Å². The van der Waals surface area contributed by atoms with Crippen LogP contribution in [0, 0.1) is 5.92 Å². The largest absolute Gasteiger partial charge is 0.351 e. The smallest absolute Gasteiger partial charge is 0.291 e. The molecule has 3 aromatic rings. The first-order chi connectivity index (χ1) is 15.0. The Labute approximate surface area is 186 Å². The highest BCUT2D eigenvalue weighted by molar-refractivity contribution is 7.09. The van der Waals surface area contributed by atoms with Crippen molar-refractivity contribution in [2.75, 3.05) is 0 Å². The van der Waals surface area contributed by atoms with E-state index >= 15 is 0 Å². The Balaban J connectivity index is 1.54. The zero-order valence-electron chi connectivity index (χ0n) is 18.0. The number of imidazole rings is 1. The number of rotatable bonds is 4. The molecule has 0 spiro atoms. The minimum Gasteiger partial charge on any atom is -0.351 e. The van der Waals surface area contributed by atoms with Gasteiger partial charge in [0.05, 0.1) is 24.1 Å². The molecule has 3 atom stereocenters. The SMILES string of the molecule is C[C@@H]1CCCC[C@H]1NC(=O)[C@]1(C)Cn2c(nc3ccccc32)C(=O)N1Cc1cccs1. The number of carbonyl (C=O) groups excluding carboxylic acids is 2. The molecule has 6 nitrogen and oxygen atoms in total. The van der Waals surface area contributed by atoms with Crippen molar-refractivity contribution < 1.29 is 9.59 Å². The summed E-state index contributed by atoms with van der Waals surface area (Å²) in [6, 6.07) is 11.9. The van der Waals surface area contributed by atoms with Gasteiger partial charge in [0.15, 0.2) is 5.82 Å². The average molecular weight is 437 g/mol. The maximum absolute atomic E-state index is 13.8. The molecule has 31 heavy (non-hydrogen) atoms. The van der Waals surface area contributed by atoms with Gasteiger partial charge in [0.2, 0.25) is 5.91 Å². The minimum atomic E-state index is -0.991. The average Bonchev–Trinajstić information content (AvgIpc) is 3.41. The Morgan fingerprint density at radius 1 is 1.23 bits per heavy atom. The second-order valence-electron chi connectivity index (χ2n) is 9.10. The number of hydrogen-bond donors (Lipinski definition) is 1. The van der Waals surface area contributed by atoms with Crippen molar-refractivity contribution in [2.24, 2.45) is 5.92 Å². The van der Waals surface area contributed by atoms with Crippen LogP contribution < -0.4 is 5.32 Å². The number of carbonyl (C=O) groups is 2. The normalized spacial score (nSPS) is 26.1. The molecule has 7 heteroatoms. The standard InChI is InChI=1S/C24H28N4O2S/c1-16-8-3-4-10-18(16)26-23(30)24(2)15-27-20-12-6-5-11-19(20)25-21(27)22(29)28(24)14-17-9-7-13-31-17/h5-7,9,11-13,16,18H,3-4,8,10,14-15H2,1-2H3,(H,26,30)/t16-,18-,24+/m1/s1. The van der Waals surface area contributed by atoms with Crippen molar-refractivity contribution in [1.82, 2.24) is 19.8 Å². The van der Waals surface area contributed by atoms with E-state index in [1.165, 1.54) is 6.42 Å². The Bertz CT molecular complexity index is 1120. The number of para-hydroxylation sites is 2. The van der Waals surface area contributed by atoms with Crippen LogP contribution in [0.2, 0.25) is 0 Å². The van der Waals surface area contributed by atoms with Gasteiger partial charge in [-0.3, -0.25) is 9.59 Å². The number of fused-ring (bicyclic) bond motifs is 3. The number of hydrogen-bond acceptors (Lipinski definition) is 4. The topological polar surface area (TPSA) is 67.2 Å². The molecule has 1 aliphatic heterocycles. The fraction of sp³-hybridized carbons (Fsp3) is 0.458. The highest BCUT2D eigenvalue weighted by Gasteiger charge is 2.49. The molecular formula is C24H28N4O2S. The number of amides is 2. The van der Waals surface area contributed by atoms with Gasteiger partial charge in [-0.05, 0) is 49.3 Å². The van der Waals surface area contributed by atoms with Gasteiger partial charge in [-0.25, -0.2) is 4.98 Å². The van der Waals surface area contributed by atoms with Crippen LogP contribution in [0.1, 0.15) is 55.0 Å². The summed E-state index contributed by atoms with van der Waals surface area (Å²) in [5.41, 5.74) is 0.688.